The molecule has 240 valence electrons. The number of carboxylic acids is 1. The van der Waals surface area contributed by atoms with Crippen molar-refractivity contribution in [3.63, 3.8) is 0 Å². The Hall–Kier alpha value is -4.55. The number of nitrogens with zero attached hydrogens (tertiary/aromatic N) is 4. The number of fused-ring (bicyclic) bond motifs is 3. The first-order valence-corrected chi connectivity index (χ1v) is 16.1. The Labute approximate surface area is 275 Å². The summed E-state index contributed by atoms with van der Waals surface area (Å²) < 4.78 is 7.14. The van der Waals surface area contributed by atoms with E-state index < -0.39 is 24.1 Å². The molecule has 46 heavy (non-hydrogen) atoms. The molecule has 2 aromatic heterocycles. The number of rotatable bonds is 12. The summed E-state index contributed by atoms with van der Waals surface area (Å²) in [6, 6.07) is 14.9. The Balaban J connectivity index is 1.20. The lowest BCUT2D eigenvalue weighted by molar-refractivity contribution is -0.139. The number of aromatic nitrogens is 3. The van der Waals surface area contributed by atoms with Crippen LogP contribution in [0.4, 0.5) is 4.79 Å². The molecule has 1 aliphatic heterocycles. The number of carbonyl (C=O) groups excluding carboxylic acids is 2. The van der Waals surface area contributed by atoms with Crippen molar-refractivity contribution in [1.82, 2.24) is 25.4 Å². The van der Waals surface area contributed by atoms with Crippen molar-refractivity contribution < 1.29 is 24.2 Å². The molecule has 11 nitrogen and oxygen atoms in total. The number of hydrogen-bond acceptors (Lipinski definition) is 8. The van der Waals surface area contributed by atoms with Gasteiger partial charge in [-0.05, 0) is 63.3 Å². The lowest BCUT2D eigenvalue weighted by Gasteiger charge is -2.15. The van der Waals surface area contributed by atoms with Crippen LogP contribution in [0.3, 0.4) is 0 Å². The number of alkyl carbamates (subject to hydrolysis) is 1. The summed E-state index contributed by atoms with van der Waals surface area (Å²) in [5.74, 6) is -0.0663. The topological polar surface area (TPSA) is 148 Å². The van der Waals surface area contributed by atoms with E-state index in [9.17, 15) is 19.5 Å². The van der Waals surface area contributed by atoms with Crippen molar-refractivity contribution in [3.05, 3.63) is 98.4 Å². The number of halogens is 1. The zero-order valence-corrected chi connectivity index (χ0v) is 27.3. The van der Waals surface area contributed by atoms with Crippen LogP contribution in [-0.2, 0) is 20.9 Å². The summed E-state index contributed by atoms with van der Waals surface area (Å²) in [5.41, 5.74) is 4.55. The number of aliphatic carboxylic acids is 1. The number of aliphatic imine (C=N–C) groups is 1. The zero-order valence-electron chi connectivity index (χ0n) is 25.7. The first kappa shape index (κ1) is 32.8. The van der Waals surface area contributed by atoms with E-state index in [1.165, 1.54) is 0 Å². The Bertz CT molecular complexity index is 1750. The minimum atomic E-state index is -1.15. The van der Waals surface area contributed by atoms with Crippen molar-refractivity contribution in [2.24, 2.45) is 4.99 Å². The highest BCUT2D eigenvalue weighted by Crippen LogP contribution is 2.39. The van der Waals surface area contributed by atoms with Crippen molar-refractivity contribution in [2.45, 2.75) is 65.1 Å². The Morgan fingerprint density at radius 3 is 2.50 bits per heavy atom. The van der Waals surface area contributed by atoms with Crippen LogP contribution in [0.5, 0.6) is 0 Å². The molecule has 0 spiro atoms. The Morgan fingerprint density at radius 1 is 1.04 bits per heavy atom. The number of carboxylic acid groups (broad SMARTS) is 1. The van der Waals surface area contributed by atoms with E-state index in [-0.39, 0.29) is 25.4 Å². The Kier molecular flexibility index (Phi) is 10.5. The van der Waals surface area contributed by atoms with Crippen LogP contribution in [0, 0.1) is 20.8 Å². The van der Waals surface area contributed by atoms with Gasteiger partial charge in [-0.3, -0.25) is 14.4 Å². The predicted molar refractivity (Wildman–Crippen MR) is 176 cm³/mol. The lowest BCUT2D eigenvalue weighted by Crippen LogP contribution is -2.41. The summed E-state index contributed by atoms with van der Waals surface area (Å²) in [5, 5.41) is 25.3. The molecule has 0 bridgehead atoms. The lowest BCUT2D eigenvalue weighted by atomic mass is 9.99. The van der Waals surface area contributed by atoms with Gasteiger partial charge < -0.3 is 20.5 Å². The average molecular weight is 663 g/mol. The van der Waals surface area contributed by atoms with Gasteiger partial charge in [-0.15, -0.1) is 21.5 Å². The van der Waals surface area contributed by atoms with Crippen molar-refractivity contribution in [3.8, 4) is 5.00 Å². The molecule has 0 radical (unpaired) electrons. The van der Waals surface area contributed by atoms with E-state index in [0.717, 1.165) is 37.8 Å². The second-order valence-corrected chi connectivity index (χ2v) is 12.7. The molecular weight excluding hydrogens is 628 g/mol. The average Bonchev–Trinajstić information content (AvgIpc) is 3.51. The second kappa shape index (κ2) is 14.7. The van der Waals surface area contributed by atoms with E-state index in [1.54, 1.807) is 11.3 Å². The molecule has 3 N–H and O–H groups in total. The minimum absolute atomic E-state index is 0.0423. The van der Waals surface area contributed by atoms with Crippen molar-refractivity contribution >= 4 is 46.6 Å². The van der Waals surface area contributed by atoms with Gasteiger partial charge >= 0.3 is 12.1 Å². The van der Waals surface area contributed by atoms with Crippen LogP contribution < -0.4 is 10.6 Å². The summed E-state index contributed by atoms with van der Waals surface area (Å²) in [6.07, 6.45) is 0.423. The third-order valence-corrected chi connectivity index (χ3v) is 9.22. The third kappa shape index (κ3) is 7.63. The number of ether oxygens (including phenoxy) is 1. The van der Waals surface area contributed by atoms with Crippen LogP contribution in [0.2, 0.25) is 5.02 Å². The molecule has 2 aromatic carbocycles. The molecular formula is C33H35ClN6O5S. The van der Waals surface area contributed by atoms with Gasteiger partial charge in [-0.2, -0.15) is 0 Å². The van der Waals surface area contributed by atoms with E-state index in [4.69, 9.17) is 21.3 Å². The third-order valence-electron chi connectivity index (χ3n) is 7.78. The monoisotopic (exact) mass is 662 g/mol. The number of carbonyl (C=O) groups is 3. The smallest absolute Gasteiger partial charge is 0.408 e. The fourth-order valence-corrected chi connectivity index (χ4v) is 6.59. The van der Waals surface area contributed by atoms with Gasteiger partial charge in [0.1, 0.15) is 29.5 Å². The van der Waals surface area contributed by atoms with Crippen LogP contribution >= 0.6 is 22.9 Å². The van der Waals surface area contributed by atoms with Gasteiger partial charge in [-0.1, -0.05) is 54.1 Å². The van der Waals surface area contributed by atoms with Gasteiger partial charge in [0, 0.05) is 27.6 Å². The van der Waals surface area contributed by atoms with Gasteiger partial charge in [0.25, 0.3) is 0 Å². The molecule has 2 atom stereocenters. The molecule has 4 aromatic rings. The summed E-state index contributed by atoms with van der Waals surface area (Å²) in [6.45, 7) is 6.41. The molecule has 0 aliphatic carbocycles. The zero-order chi connectivity index (χ0) is 32.8. The molecule has 0 unspecified atom stereocenters. The van der Waals surface area contributed by atoms with E-state index in [2.05, 4.69) is 34.7 Å². The highest BCUT2D eigenvalue weighted by molar-refractivity contribution is 7.15. The maximum absolute atomic E-state index is 13.2. The van der Waals surface area contributed by atoms with Crippen LogP contribution in [0.25, 0.3) is 5.00 Å². The number of amides is 2. The second-order valence-electron chi connectivity index (χ2n) is 11.1. The van der Waals surface area contributed by atoms with Crippen molar-refractivity contribution in [2.75, 3.05) is 6.54 Å². The summed E-state index contributed by atoms with van der Waals surface area (Å²) >= 11 is 7.83. The molecule has 1 aliphatic rings. The SMILES string of the molecule is Cc1sc2c(c1C)C(c1ccc(Cl)cc1)=N[C@@H](CC(=O)NCCCC[C@H](NC(=O)OCc1ccccc1)C(=O)O)c1nnc(C)n1-2. The van der Waals surface area contributed by atoms with E-state index in [1.807, 2.05) is 66.1 Å². The van der Waals surface area contributed by atoms with Crippen LogP contribution in [-0.4, -0.2) is 56.1 Å². The highest BCUT2D eigenvalue weighted by atomic mass is 35.5. The first-order valence-electron chi connectivity index (χ1n) is 15.0. The number of benzene rings is 2. The minimum Gasteiger partial charge on any atom is -0.480 e. The van der Waals surface area contributed by atoms with Gasteiger partial charge in [0.2, 0.25) is 5.91 Å². The predicted octanol–water partition coefficient (Wildman–Crippen LogP) is 5.86. The Morgan fingerprint density at radius 2 is 1.78 bits per heavy atom. The number of aryl methyl sites for hydroxylation is 2. The first-order chi connectivity index (χ1) is 22.1. The maximum atomic E-state index is 13.2. The quantitative estimate of drug-likeness (QED) is 0.161. The number of unbranched alkanes of at least 4 members (excludes halogenated alkanes) is 1. The molecule has 5 rings (SSSR count). The van der Waals surface area contributed by atoms with Crippen LogP contribution in [0.1, 0.15) is 70.5 Å². The maximum Gasteiger partial charge on any atom is 0.408 e. The summed E-state index contributed by atoms with van der Waals surface area (Å²) in [4.78, 5) is 43.3. The standard InChI is InChI=1S/C33H35ClN6O5S/c1-19-20(2)46-31-28(19)29(23-12-14-24(34)15-13-23)36-26(30-39-38-21(3)40(30)31)17-27(41)35-16-8-7-11-25(32(42)43)37-33(44)45-18-22-9-5-4-6-10-22/h4-6,9-10,12-15,25-26H,7-8,11,16-18H2,1-3H3,(H,35,41)(H,37,44)(H,42,43)/t25-,26-/m0/s1. The fraction of sp³-hybridized carbons (Fsp3) is 0.333. The van der Waals surface area contributed by atoms with Crippen LogP contribution in [0.15, 0.2) is 59.6 Å². The number of nitrogens with one attached hydrogen (secondary N) is 2. The molecule has 2 amide bonds. The molecule has 0 saturated heterocycles. The highest BCUT2D eigenvalue weighted by Gasteiger charge is 2.32. The molecule has 0 saturated carbocycles. The molecule has 13 heteroatoms. The number of thiophene rings is 1. The van der Waals surface area contributed by atoms with Gasteiger partial charge in [-0.25, -0.2) is 9.59 Å². The normalized spacial score (nSPS) is 14.3. The van der Waals surface area contributed by atoms with Gasteiger partial charge in [0.15, 0.2) is 5.82 Å². The number of hydrogen-bond donors (Lipinski definition) is 3. The molecule has 3 heterocycles. The van der Waals surface area contributed by atoms with E-state index >= 15 is 0 Å². The summed E-state index contributed by atoms with van der Waals surface area (Å²) in [7, 11) is 0. The van der Waals surface area contributed by atoms with Crippen molar-refractivity contribution in [1.29, 1.82) is 0 Å². The van der Waals surface area contributed by atoms with Gasteiger partial charge in [0.05, 0.1) is 12.1 Å². The largest absolute Gasteiger partial charge is 0.480 e. The van der Waals surface area contributed by atoms with E-state index in [0.29, 0.717) is 36.1 Å². The molecule has 0 fully saturated rings. The fourth-order valence-electron chi connectivity index (χ4n) is 5.25.